The van der Waals surface area contributed by atoms with Crippen LogP contribution in [0.25, 0.3) is 17.2 Å². The van der Waals surface area contributed by atoms with E-state index in [2.05, 4.69) is 5.32 Å². The van der Waals surface area contributed by atoms with E-state index >= 15 is 0 Å². The Kier molecular flexibility index (Phi) is 4.10. The van der Waals surface area contributed by atoms with Crippen LogP contribution in [-0.2, 0) is 4.74 Å². The van der Waals surface area contributed by atoms with E-state index in [1.807, 2.05) is 31.2 Å². The summed E-state index contributed by atoms with van der Waals surface area (Å²) in [5.41, 5.74) is 2.34. The van der Waals surface area contributed by atoms with Crippen LogP contribution in [-0.4, -0.2) is 24.3 Å². The molecule has 0 saturated carbocycles. The predicted molar refractivity (Wildman–Crippen MR) is 82.3 cm³/mol. The van der Waals surface area contributed by atoms with E-state index in [0.717, 1.165) is 37.0 Å². The van der Waals surface area contributed by atoms with Gasteiger partial charge in [-0.15, -0.1) is 0 Å². The van der Waals surface area contributed by atoms with Crippen LogP contribution in [0.15, 0.2) is 33.7 Å². The van der Waals surface area contributed by atoms with Crippen molar-refractivity contribution in [1.82, 2.24) is 9.88 Å². The second kappa shape index (κ2) is 6.18. The van der Waals surface area contributed by atoms with Crippen molar-refractivity contribution in [3.63, 3.8) is 0 Å². The Hall–Kier alpha value is -2.01. The SMILES string of the molecule is CCO/C=C/c1cccc2c1oc(=O)n2C1CCCNC1. The minimum Gasteiger partial charge on any atom is -0.501 e. The largest absolute Gasteiger partial charge is 0.501 e. The van der Waals surface area contributed by atoms with Crippen LogP contribution in [0.5, 0.6) is 0 Å². The van der Waals surface area contributed by atoms with Crippen LogP contribution in [0.4, 0.5) is 0 Å². The zero-order valence-corrected chi connectivity index (χ0v) is 12.2. The quantitative estimate of drug-likeness (QED) is 0.878. The van der Waals surface area contributed by atoms with Crippen molar-refractivity contribution >= 4 is 17.2 Å². The van der Waals surface area contributed by atoms with Gasteiger partial charge in [-0.25, -0.2) is 4.79 Å². The summed E-state index contributed by atoms with van der Waals surface area (Å²) in [5.74, 6) is -0.282. The lowest BCUT2D eigenvalue weighted by molar-refractivity contribution is 0.272. The Labute approximate surface area is 123 Å². The average molecular weight is 288 g/mol. The first kappa shape index (κ1) is 13.9. The Balaban J connectivity index is 2.04. The number of piperidine rings is 1. The zero-order valence-electron chi connectivity index (χ0n) is 12.2. The predicted octanol–water partition coefficient (Wildman–Crippen LogP) is 2.53. The summed E-state index contributed by atoms with van der Waals surface area (Å²) in [4.78, 5) is 12.2. The summed E-state index contributed by atoms with van der Waals surface area (Å²) >= 11 is 0. The Morgan fingerprint density at radius 3 is 3.19 bits per heavy atom. The van der Waals surface area contributed by atoms with Crippen molar-refractivity contribution in [2.45, 2.75) is 25.8 Å². The number of hydrogen-bond acceptors (Lipinski definition) is 4. The van der Waals surface area contributed by atoms with Crippen molar-refractivity contribution in [2.75, 3.05) is 19.7 Å². The molecule has 3 rings (SSSR count). The van der Waals surface area contributed by atoms with Gasteiger partial charge >= 0.3 is 5.76 Å². The van der Waals surface area contributed by atoms with Gasteiger partial charge in [0.1, 0.15) is 0 Å². The van der Waals surface area contributed by atoms with Crippen LogP contribution in [0, 0.1) is 0 Å². The highest BCUT2D eigenvalue weighted by atomic mass is 16.5. The Morgan fingerprint density at radius 2 is 2.43 bits per heavy atom. The molecule has 5 nitrogen and oxygen atoms in total. The number of hydrogen-bond donors (Lipinski definition) is 1. The molecule has 0 amide bonds. The van der Waals surface area contributed by atoms with Gasteiger partial charge in [0.2, 0.25) is 0 Å². The van der Waals surface area contributed by atoms with Gasteiger partial charge in [-0.1, -0.05) is 12.1 Å². The molecule has 0 bridgehead atoms. The molecule has 0 spiro atoms. The van der Waals surface area contributed by atoms with Crippen molar-refractivity contribution in [3.05, 3.63) is 40.6 Å². The molecule has 5 heteroatoms. The molecule has 2 heterocycles. The highest BCUT2D eigenvalue weighted by Crippen LogP contribution is 2.24. The van der Waals surface area contributed by atoms with Crippen LogP contribution in [0.2, 0.25) is 0 Å². The van der Waals surface area contributed by atoms with Crippen LogP contribution < -0.4 is 11.1 Å². The van der Waals surface area contributed by atoms with Crippen molar-refractivity contribution in [2.24, 2.45) is 0 Å². The van der Waals surface area contributed by atoms with E-state index in [-0.39, 0.29) is 11.8 Å². The molecule has 1 aliphatic rings. The van der Waals surface area contributed by atoms with Gasteiger partial charge in [0.15, 0.2) is 5.58 Å². The van der Waals surface area contributed by atoms with E-state index in [1.165, 1.54) is 0 Å². The molecule has 1 fully saturated rings. The van der Waals surface area contributed by atoms with Gasteiger partial charge in [0, 0.05) is 12.1 Å². The second-order valence-electron chi connectivity index (χ2n) is 5.19. The molecule has 0 radical (unpaired) electrons. The molecule has 112 valence electrons. The topological polar surface area (TPSA) is 56.4 Å². The number of fused-ring (bicyclic) bond motifs is 1. The number of ether oxygens (including phenoxy) is 1. The van der Waals surface area contributed by atoms with E-state index in [4.69, 9.17) is 9.15 Å². The van der Waals surface area contributed by atoms with Crippen LogP contribution in [0.1, 0.15) is 31.4 Å². The van der Waals surface area contributed by atoms with Crippen LogP contribution in [0.3, 0.4) is 0 Å². The minimum atomic E-state index is -0.282. The van der Waals surface area contributed by atoms with E-state index < -0.39 is 0 Å². The molecule has 1 saturated heterocycles. The molecule has 1 aromatic carbocycles. The first-order valence-electron chi connectivity index (χ1n) is 7.44. The third-order valence-corrected chi connectivity index (χ3v) is 3.82. The second-order valence-corrected chi connectivity index (χ2v) is 5.19. The number of rotatable bonds is 4. The Morgan fingerprint density at radius 1 is 1.52 bits per heavy atom. The van der Waals surface area contributed by atoms with Gasteiger partial charge in [0.05, 0.1) is 24.4 Å². The third-order valence-electron chi connectivity index (χ3n) is 3.82. The Bertz CT molecular complexity index is 693. The maximum Gasteiger partial charge on any atom is 0.420 e. The normalized spacial score (nSPS) is 19.4. The number of nitrogens with zero attached hydrogens (tertiary/aromatic N) is 1. The summed E-state index contributed by atoms with van der Waals surface area (Å²) in [7, 11) is 0. The molecule has 1 unspecified atom stereocenters. The highest BCUT2D eigenvalue weighted by molar-refractivity contribution is 5.83. The van der Waals surface area contributed by atoms with Crippen LogP contribution >= 0.6 is 0 Å². The van der Waals surface area contributed by atoms with Gasteiger partial charge in [-0.05, 0) is 38.5 Å². The molecular weight excluding hydrogens is 268 g/mol. The summed E-state index contributed by atoms with van der Waals surface area (Å²) in [6.07, 6.45) is 5.54. The van der Waals surface area contributed by atoms with Gasteiger partial charge in [-0.2, -0.15) is 0 Å². The maximum atomic E-state index is 12.2. The smallest absolute Gasteiger partial charge is 0.420 e. The highest BCUT2D eigenvalue weighted by Gasteiger charge is 2.21. The molecule has 1 atom stereocenters. The number of para-hydroxylation sites is 1. The molecule has 0 aliphatic carbocycles. The summed E-state index contributed by atoms with van der Waals surface area (Å²) in [6.45, 7) is 4.37. The molecule has 1 aliphatic heterocycles. The monoisotopic (exact) mass is 288 g/mol. The van der Waals surface area contributed by atoms with Gasteiger partial charge < -0.3 is 14.5 Å². The standard InChI is InChI=1S/C16H20N2O3/c1-2-20-10-8-12-5-3-7-14-15(12)21-16(19)18(14)13-6-4-9-17-11-13/h3,5,7-8,10,13,17H,2,4,6,9,11H2,1H3/b10-8+. The number of nitrogens with one attached hydrogen (secondary N) is 1. The average Bonchev–Trinajstić information content (AvgIpc) is 2.85. The van der Waals surface area contributed by atoms with Gasteiger partial charge in [0.25, 0.3) is 0 Å². The lowest BCUT2D eigenvalue weighted by atomic mass is 10.1. The summed E-state index contributed by atoms with van der Waals surface area (Å²) in [5, 5.41) is 3.34. The fourth-order valence-electron chi connectivity index (χ4n) is 2.83. The fraction of sp³-hybridized carbons (Fsp3) is 0.438. The fourth-order valence-corrected chi connectivity index (χ4v) is 2.83. The molecule has 21 heavy (non-hydrogen) atoms. The lowest BCUT2D eigenvalue weighted by Gasteiger charge is -2.23. The minimum absolute atomic E-state index is 0.165. The van der Waals surface area contributed by atoms with Crippen molar-refractivity contribution in [3.8, 4) is 0 Å². The molecule has 2 aromatic rings. The third kappa shape index (κ3) is 2.74. The van der Waals surface area contributed by atoms with E-state index in [1.54, 1.807) is 10.8 Å². The van der Waals surface area contributed by atoms with Crippen molar-refractivity contribution < 1.29 is 9.15 Å². The van der Waals surface area contributed by atoms with E-state index in [9.17, 15) is 4.79 Å². The molecule has 1 N–H and O–H groups in total. The number of oxazole rings is 1. The molecule has 1 aromatic heterocycles. The number of benzene rings is 1. The van der Waals surface area contributed by atoms with Gasteiger partial charge in [-0.3, -0.25) is 4.57 Å². The first-order valence-corrected chi connectivity index (χ1v) is 7.44. The summed E-state index contributed by atoms with van der Waals surface area (Å²) < 4.78 is 12.5. The summed E-state index contributed by atoms with van der Waals surface area (Å²) in [6, 6.07) is 5.96. The lowest BCUT2D eigenvalue weighted by Crippen LogP contribution is -2.35. The van der Waals surface area contributed by atoms with E-state index in [0.29, 0.717) is 12.2 Å². The first-order chi connectivity index (χ1) is 10.3. The maximum absolute atomic E-state index is 12.2. The zero-order chi connectivity index (χ0) is 14.7. The molecular formula is C16H20N2O3. The number of aromatic nitrogens is 1. The van der Waals surface area contributed by atoms with Crippen molar-refractivity contribution in [1.29, 1.82) is 0 Å².